The topological polar surface area (TPSA) is 26.3 Å². The first-order chi connectivity index (χ1) is 5.83. The van der Waals surface area contributed by atoms with Crippen LogP contribution in [0.15, 0.2) is 0 Å². The minimum atomic E-state index is -0.103. The number of rotatable bonds is 3. The third-order valence-corrected chi connectivity index (χ3v) is 2.18. The summed E-state index contributed by atoms with van der Waals surface area (Å²) in [6, 6.07) is 0. The molecule has 0 radical (unpaired) electrons. The molecule has 2 heteroatoms. The van der Waals surface area contributed by atoms with Gasteiger partial charge in [-0.05, 0) is 18.8 Å². The van der Waals surface area contributed by atoms with Gasteiger partial charge in [0.1, 0.15) is 0 Å². The number of carbonyl (C=O) groups is 1. The van der Waals surface area contributed by atoms with Crippen LogP contribution in [-0.2, 0) is 9.53 Å². The van der Waals surface area contributed by atoms with E-state index in [0.29, 0.717) is 12.3 Å². The molecule has 1 atom stereocenters. The fourth-order valence-corrected chi connectivity index (χ4v) is 1.35. The molecule has 0 spiro atoms. The Morgan fingerprint density at radius 2 is 2.42 bits per heavy atom. The summed E-state index contributed by atoms with van der Waals surface area (Å²) in [6.45, 7) is 0. The first kappa shape index (κ1) is 9.12. The molecule has 66 valence electrons. The maximum atomic E-state index is 10.8. The van der Waals surface area contributed by atoms with Gasteiger partial charge in [-0.25, -0.2) is 0 Å². The van der Waals surface area contributed by atoms with Gasteiger partial charge in [0.05, 0.1) is 7.11 Å². The van der Waals surface area contributed by atoms with E-state index >= 15 is 0 Å². The Hall–Kier alpha value is -0.970. The molecule has 0 heterocycles. The zero-order chi connectivity index (χ0) is 8.81. The minimum Gasteiger partial charge on any atom is -0.469 e. The van der Waals surface area contributed by atoms with Crippen molar-refractivity contribution >= 4 is 5.97 Å². The summed E-state index contributed by atoms with van der Waals surface area (Å²) in [5, 5.41) is 0. The van der Waals surface area contributed by atoms with Crippen LogP contribution in [-0.4, -0.2) is 13.1 Å². The number of hydrogen-bond donors (Lipinski definition) is 0. The van der Waals surface area contributed by atoms with Crippen molar-refractivity contribution in [3.05, 3.63) is 0 Å². The number of hydrogen-bond acceptors (Lipinski definition) is 2. The van der Waals surface area contributed by atoms with Crippen molar-refractivity contribution < 1.29 is 9.53 Å². The molecule has 0 aromatic heterocycles. The smallest absolute Gasteiger partial charge is 0.305 e. The molecule has 0 saturated carbocycles. The van der Waals surface area contributed by atoms with Gasteiger partial charge in [-0.2, -0.15) is 0 Å². The molecule has 1 aliphatic carbocycles. The zero-order valence-corrected chi connectivity index (χ0v) is 7.43. The van der Waals surface area contributed by atoms with E-state index in [2.05, 4.69) is 16.6 Å². The molecule has 0 aromatic rings. The molecule has 1 aliphatic rings. The predicted octanol–water partition coefficient (Wildman–Crippen LogP) is 1.74. The molecule has 0 saturated heterocycles. The standard InChI is InChI=1S/C10H14O2/c1-12-10(11)8-7-9-5-3-2-4-6-9/h9H,3,5-8H2,1H3. The van der Waals surface area contributed by atoms with E-state index in [0.717, 1.165) is 25.7 Å². The summed E-state index contributed by atoms with van der Waals surface area (Å²) in [5.74, 6) is 6.64. The molecule has 0 aliphatic heterocycles. The third-order valence-electron chi connectivity index (χ3n) is 2.18. The van der Waals surface area contributed by atoms with Crippen LogP contribution in [0.3, 0.4) is 0 Å². The highest BCUT2D eigenvalue weighted by Crippen LogP contribution is 2.19. The molecule has 0 aromatic carbocycles. The molecule has 0 amide bonds. The fourth-order valence-electron chi connectivity index (χ4n) is 1.35. The highest BCUT2D eigenvalue weighted by Gasteiger charge is 2.11. The van der Waals surface area contributed by atoms with Gasteiger partial charge in [0.25, 0.3) is 0 Å². The molecular weight excluding hydrogens is 152 g/mol. The third kappa shape index (κ3) is 2.96. The van der Waals surface area contributed by atoms with Crippen LogP contribution < -0.4 is 0 Å². The van der Waals surface area contributed by atoms with Crippen molar-refractivity contribution in [1.29, 1.82) is 0 Å². The average Bonchev–Trinajstić information content (AvgIpc) is 2.16. The van der Waals surface area contributed by atoms with Crippen molar-refractivity contribution in [3.8, 4) is 11.8 Å². The molecule has 0 bridgehead atoms. The van der Waals surface area contributed by atoms with Gasteiger partial charge in [0.15, 0.2) is 0 Å². The van der Waals surface area contributed by atoms with Crippen LogP contribution in [0.1, 0.15) is 32.1 Å². The Morgan fingerprint density at radius 3 is 3.00 bits per heavy atom. The number of methoxy groups -OCH3 is 1. The lowest BCUT2D eigenvalue weighted by Gasteiger charge is -2.13. The number of ether oxygens (including phenoxy) is 1. The molecule has 1 unspecified atom stereocenters. The van der Waals surface area contributed by atoms with Crippen molar-refractivity contribution in [1.82, 2.24) is 0 Å². The number of esters is 1. The predicted molar refractivity (Wildman–Crippen MR) is 46.4 cm³/mol. The maximum absolute atomic E-state index is 10.8. The van der Waals surface area contributed by atoms with E-state index in [1.165, 1.54) is 7.11 Å². The van der Waals surface area contributed by atoms with Crippen LogP contribution in [0.2, 0.25) is 0 Å². The van der Waals surface area contributed by atoms with Crippen LogP contribution in [0, 0.1) is 17.8 Å². The largest absolute Gasteiger partial charge is 0.469 e. The SMILES string of the molecule is COC(=O)CCC1CC#CCC1. The van der Waals surface area contributed by atoms with E-state index in [4.69, 9.17) is 0 Å². The number of carbonyl (C=O) groups excluding carboxylic acids is 1. The van der Waals surface area contributed by atoms with E-state index < -0.39 is 0 Å². The first-order valence-electron chi connectivity index (χ1n) is 4.35. The quantitative estimate of drug-likeness (QED) is 0.471. The monoisotopic (exact) mass is 166 g/mol. The van der Waals surface area contributed by atoms with E-state index in [-0.39, 0.29) is 5.97 Å². The fraction of sp³-hybridized carbons (Fsp3) is 0.700. The average molecular weight is 166 g/mol. The molecular formula is C10H14O2. The van der Waals surface area contributed by atoms with Crippen molar-refractivity contribution in [2.24, 2.45) is 5.92 Å². The van der Waals surface area contributed by atoms with Crippen LogP contribution >= 0.6 is 0 Å². The minimum absolute atomic E-state index is 0.103. The summed E-state index contributed by atoms with van der Waals surface area (Å²) >= 11 is 0. The lowest BCUT2D eigenvalue weighted by atomic mass is 9.92. The summed E-state index contributed by atoms with van der Waals surface area (Å²) in [6.07, 6.45) is 4.57. The Labute approximate surface area is 73.3 Å². The van der Waals surface area contributed by atoms with E-state index in [9.17, 15) is 4.79 Å². The van der Waals surface area contributed by atoms with Crippen LogP contribution in [0.4, 0.5) is 0 Å². The summed E-state index contributed by atoms with van der Waals surface area (Å²) < 4.78 is 4.57. The highest BCUT2D eigenvalue weighted by atomic mass is 16.5. The van der Waals surface area contributed by atoms with Gasteiger partial charge in [0.2, 0.25) is 0 Å². The Balaban J connectivity index is 2.16. The molecule has 2 nitrogen and oxygen atoms in total. The van der Waals surface area contributed by atoms with Crippen LogP contribution in [0.25, 0.3) is 0 Å². The van der Waals surface area contributed by atoms with Gasteiger partial charge in [-0.15, -0.1) is 11.8 Å². The molecule has 0 N–H and O–H groups in total. The summed E-state index contributed by atoms with van der Waals surface area (Å²) in [4.78, 5) is 10.8. The van der Waals surface area contributed by atoms with Gasteiger partial charge < -0.3 is 4.74 Å². The normalized spacial score (nSPS) is 20.9. The Bertz CT molecular complexity index is 210. The summed E-state index contributed by atoms with van der Waals surface area (Å²) in [7, 11) is 1.43. The van der Waals surface area contributed by atoms with Gasteiger partial charge >= 0.3 is 5.97 Å². The van der Waals surface area contributed by atoms with Crippen molar-refractivity contribution in [3.63, 3.8) is 0 Å². The highest BCUT2D eigenvalue weighted by molar-refractivity contribution is 5.69. The van der Waals surface area contributed by atoms with E-state index in [1.807, 2.05) is 0 Å². The van der Waals surface area contributed by atoms with E-state index in [1.54, 1.807) is 0 Å². The molecule has 0 fully saturated rings. The molecule has 1 rings (SSSR count). The Kier molecular flexibility index (Phi) is 3.66. The summed E-state index contributed by atoms with van der Waals surface area (Å²) in [5.41, 5.74) is 0. The van der Waals surface area contributed by atoms with Gasteiger partial charge in [-0.3, -0.25) is 4.79 Å². The second-order valence-corrected chi connectivity index (χ2v) is 3.08. The maximum Gasteiger partial charge on any atom is 0.305 e. The van der Waals surface area contributed by atoms with Gasteiger partial charge in [0, 0.05) is 19.3 Å². The van der Waals surface area contributed by atoms with Gasteiger partial charge in [-0.1, -0.05) is 0 Å². The van der Waals surface area contributed by atoms with Crippen molar-refractivity contribution in [2.45, 2.75) is 32.1 Å². The second-order valence-electron chi connectivity index (χ2n) is 3.08. The lowest BCUT2D eigenvalue weighted by molar-refractivity contribution is -0.140. The first-order valence-corrected chi connectivity index (χ1v) is 4.35. The Morgan fingerprint density at radius 1 is 1.58 bits per heavy atom. The zero-order valence-electron chi connectivity index (χ0n) is 7.43. The molecule has 12 heavy (non-hydrogen) atoms. The van der Waals surface area contributed by atoms with Crippen molar-refractivity contribution in [2.75, 3.05) is 7.11 Å². The lowest BCUT2D eigenvalue weighted by Crippen LogP contribution is -2.07. The second kappa shape index (κ2) is 4.82. The van der Waals surface area contributed by atoms with Crippen LogP contribution in [0.5, 0.6) is 0 Å².